The van der Waals surface area contributed by atoms with Gasteiger partial charge in [0.2, 0.25) is 0 Å². The van der Waals surface area contributed by atoms with Crippen LogP contribution in [0.3, 0.4) is 0 Å². The largest absolute Gasteiger partial charge is 0.383 e. The van der Waals surface area contributed by atoms with Gasteiger partial charge in [-0.3, -0.25) is 4.90 Å². The first-order chi connectivity index (χ1) is 8.67. The summed E-state index contributed by atoms with van der Waals surface area (Å²) in [5.41, 5.74) is 0.887. The summed E-state index contributed by atoms with van der Waals surface area (Å²) in [6, 6.07) is 3.93. The molecule has 0 N–H and O–H groups in total. The van der Waals surface area contributed by atoms with E-state index in [2.05, 4.69) is 22.0 Å². The van der Waals surface area contributed by atoms with Gasteiger partial charge in [0, 0.05) is 33.4 Å². The third-order valence-corrected chi connectivity index (χ3v) is 2.87. The molecule has 1 atom stereocenters. The normalized spacial score (nSPS) is 12.9. The number of rotatable bonds is 8. The SMILES string of the molecule is COCCN(Cc1ccc(Cl)nn1)C(C)COC. The first-order valence-corrected chi connectivity index (χ1v) is 6.25. The van der Waals surface area contributed by atoms with Crippen LogP contribution in [0.15, 0.2) is 12.1 Å². The van der Waals surface area contributed by atoms with Gasteiger partial charge in [-0.2, -0.15) is 5.10 Å². The third-order valence-electron chi connectivity index (χ3n) is 2.67. The van der Waals surface area contributed by atoms with Crippen LogP contribution in [-0.2, 0) is 16.0 Å². The zero-order chi connectivity index (χ0) is 13.4. The van der Waals surface area contributed by atoms with E-state index in [-0.39, 0.29) is 0 Å². The first-order valence-electron chi connectivity index (χ1n) is 5.87. The molecule has 102 valence electrons. The second kappa shape index (κ2) is 8.37. The van der Waals surface area contributed by atoms with E-state index in [1.165, 1.54) is 0 Å². The van der Waals surface area contributed by atoms with Crippen molar-refractivity contribution in [3.05, 3.63) is 23.0 Å². The molecule has 0 spiro atoms. The topological polar surface area (TPSA) is 47.5 Å². The van der Waals surface area contributed by atoms with Crippen LogP contribution in [0.25, 0.3) is 0 Å². The molecule has 0 radical (unpaired) electrons. The average molecular weight is 274 g/mol. The zero-order valence-electron chi connectivity index (χ0n) is 11.1. The van der Waals surface area contributed by atoms with Gasteiger partial charge in [-0.1, -0.05) is 11.6 Å². The van der Waals surface area contributed by atoms with Crippen LogP contribution < -0.4 is 0 Å². The standard InChI is InChI=1S/C12H20ClN3O2/c1-10(9-18-3)16(6-7-17-2)8-11-4-5-12(13)15-14-11/h4-5,10H,6-9H2,1-3H3. The van der Waals surface area contributed by atoms with Crippen LogP contribution >= 0.6 is 11.6 Å². The van der Waals surface area contributed by atoms with Crippen LogP contribution in [0.4, 0.5) is 0 Å². The number of hydrogen-bond donors (Lipinski definition) is 0. The van der Waals surface area contributed by atoms with Crippen LogP contribution in [0, 0.1) is 0 Å². The summed E-state index contributed by atoms with van der Waals surface area (Å²) in [6.45, 7) is 4.99. The van der Waals surface area contributed by atoms with Crippen LogP contribution in [-0.4, -0.2) is 55.1 Å². The van der Waals surface area contributed by atoms with Crippen LogP contribution in [0.2, 0.25) is 5.15 Å². The quantitative estimate of drug-likeness (QED) is 0.720. The predicted molar refractivity (Wildman–Crippen MR) is 70.7 cm³/mol. The molecule has 1 unspecified atom stereocenters. The van der Waals surface area contributed by atoms with E-state index >= 15 is 0 Å². The van der Waals surface area contributed by atoms with Gasteiger partial charge in [-0.15, -0.1) is 5.10 Å². The Morgan fingerprint density at radius 3 is 2.61 bits per heavy atom. The van der Waals surface area contributed by atoms with E-state index < -0.39 is 0 Å². The van der Waals surface area contributed by atoms with Crippen molar-refractivity contribution in [1.29, 1.82) is 0 Å². The number of ether oxygens (including phenoxy) is 2. The molecule has 6 heteroatoms. The van der Waals surface area contributed by atoms with Crippen molar-refractivity contribution in [1.82, 2.24) is 15.1 Å². The van der Waals surface area contributed by atoms with Crippen molar-refractivity contribution >= 4 is 11.6 Å². The van der Waals surface area contributed by atoms with E-state index in [0.29, 0.717) is 31.0 Å². The van der Waals surface area contributed by atoms with E-state index in [0.717, 1.165) is 12.2 Å². The van der Waals surface area contributed by atoms with Gasteiger partial charge in [0.25, 0.3) is 0 Å². The summed E-state index contributed by atoms with van der Waals surface area (Å²) in [5, 5.41) is 8.32. The van der Waals surface area contributed by atoms with Gasteiger partial charge in [-0.25, -0.2) is 0 Å². The first kappa shape index (κ1) is 15.3. The maximum atomic E-state index is 5.72. The highest BCUT2D eigenvalue weighted by molar-refractivity contribution is 6.29. The number of methoxy groups -OCH3 is 2. The lowest BCUT2D eigenvalue weighted by Crippen LogP contribution is -2.38. The zero-order valence-corrected chi connectivity index (χ0v) is 11.9. The third kappa shape index (κ3) is 5.27. The molecule has 0 saturated heterocycles. The smallest absolute Gasteiger partial charge is 0.151 e. The molecule has 1 aromatic rings. The molecule has 0 amide bonds. The lowest BCUT2D eigenvalue weighted by Gasteiger charge is -2.27. The van der Waals surface area contributed by atoms with Gasteiger partial charge in [0.15, 0.2) is 5.15 Å². The summed E-state index contributed by atoms with van der Waals surface area (Å²) in [5.74, 6) is 0. The van der Waals surface area contributed by atoms with Crippen LogP contribution in [0.5, 0.6) is 0 Å². The maximum absolute atomic E-state index is 5.72. The maximum Gasteiger partial charge on any atom is 0.151 e. The highest BCUT2D eigenvalue weighted by Crippen LogP contribution is 2.08. The van der Waals surface area contributed by atoms with E-state index in [4.69, 9.17) is 21.1 Å². The number of aromatic nitrogens is 2. The van der Waals surface area contributed by atoms with Gasteiger partial charge in [0.05, 0.1) is 18.9 Å². The Morgan fingerprint density at radius 1 is 1.28 bits per heavy atom. The van der Waals surface area contributed by atoms with Crippen molar-refractivity contribution in [2.24, 2.45) is 0 Å². The van der Waals surface area contributed by atoms with Gasteiger partial charge < -0.3 is 9.47 Å². The van der Waals surface area contributed by atoms with Crippen LogP contribution in [0.1, 0.15) is 12.6 Å². The minimum absolute atomic E-state index is 0.294. The number of halogens is 1. The van der Waals surface area contributed by atoms with Crippen molar-refractivity contribution in [3.8, 4) is 0 Å². The minimum atomic E-state index is 0.294. The molecule has 0 fully saturated rings. The number of hydrogen-bond acceptors (Lipinski definition) is 5. The van der Waals surface area contributed by atoms with Crippen molar-refractivity contribution in [3.63, 3.8) is 0 Å². The van der Waals surface area contributed by atoms with E-state index in [1.807, 2.05) is 6.07 Å². The minimum Gasteiger partial charge on any atom is -0.383 e. The fraction of sp³-hybridized carbons (Fsp3) is 0.667. The monoisotopic (exact) mass is 273 g/mol. The molecule has 1 aromatic heterocycles. The Morgan fingerprint density at radius 2 is 2.06 bits per heavy atom. The van der Waals surface area contributed by atoms with Crippen molar-refractivity contribution in [2.45, 2.75) is 19.5 Å². The van der Waals surface area contributed by atoms with Gasteiger partial charge >= 0.3 is 0 Å². The highest BCUT2D eigenvalue weighted by Gasteiger charge is 2.14. The lowest BCUT2D eigenvalue weighted by atomic mass is 10.2. The molecule has 0 aromatic carbocycles. The molecule has 0 bridgehead atoms. The summed E-state index contributed by atoms with van der Waals surface area (Å²) in [4.78, 5) is 2.24. The second-order valence-electron chi connectivity index (χ2n) is 4.12. The summed E-state index contributed by atoms with van der Waals surface area (Å²) < 4.78 is 10.3. The fourth-order valence-corrected chi connectivity index (χ4v) is 1.75. The molecule has 5 nitrogen and oxygen atoms in total. The molecule has 0 aliphatic heterocycles. The van der Waals surface area contributed by atoms with Gasteiger partial charge in [0.1, 0.15) is 0 Å². The average Bonchev–Trinajstić information content (AvgIpc) is 2.37. The summed E-state index contributed by atoms with van der Waals surface area (Å²) >= 11 is 5.72. The van der Waals surface area contributed by atoms with Gasteiger partial charge in [-0.05, 0) is 19.1 Å². The molecule has 1 rings (SSSR count). The molecule has 0 aliphatic rings. The highest BCUT2D eigenvalue weighted by atomic mass is 35.5. The second-order valence-corrected chi connectivity index (χ2v) is 4.50. The Kier molecular flexibility index (Phi) is 7.12. The molecule has 18 heavy (non-hydrogen) atoms. The number of nitrogens with zero attached hydrogens (tertiary/aromatic N) is 3. The summed E-state index contributed by atoms with van der Waals surface area (Å²) in [6.07, 6.45) is 0. The molecule has 0 saturated carbocycles. The van der Waals surface area contributed by atoms with Crippen molar-refractivity contribution in [2.75, 3.05) is 34.0 Å². The Labute approximate surface area is 113 Å². The predicted octanol–water partition coefficient (Wildman–Crippen LogP) is 1.61. The summed E-state index contributed by atoms with van der Waals surface area (Å²) in [7, 11) is 3.40. The molecule has 0 aliphatic carbocycles. The van der Waals surface area contributed by atoms with Crippen molar-refractivity contribution < 1.29 is 9.47 Å². The fourth-order valence-electron chi connectivity index (χ4n) is 1.65. The Bertz CT molecular complexity index is 335. The Hall–Kier alpha value is -0.750. The molecular formula is C12H20ClN3O2. The lowest BCUT2D eigenvalue weighted by molar-refractivity contribution is 0.0696. The molecular weight excluding hydrogens is 254 g/mol. The molecule has 1 heterocycles. The Balaban J connectivity index is 2.61. The van der Waals surface area contributed by atoms with E-state index in [1.54, 1.807) is 20.3 Å². The van der Waals surface area contributed by atoms with E-state index in [9.17, 15) is 0 Å².